The number of halogens is 3. The minimum absolute atomic E-state index is 0.341. The summed E-state index contributed by atoms with van der Waals surface area (Å²) < 4.78 is 5.81. The van der Waals surface area contributed by atoms with Gasteiger partial charge in [-0.05, 0) is 60.5 Å². The number of nitrogens with zero attached hydrogens (tertiary/aromatic N) is 2. The number of amides is 1. The van der Waals surface area contributed by atoms with Gasteiger partial charge in [0.25, 0.3) is 5.91 Å². The Balaban J connectivity index is 1.27. The fraction of sp³-hybridized carbons (Fsp3) is 0.258. The molecular formula is C31H31Cl3N4O2S. The summed E-state index contributed by atoms with van der Waals surface area (Å²) >= 11 is 20.2. The molecule has 1 aromatic heterocycles. The summed E-state index contributed by atoms with van der Waals surface area (Å²) in [5, 5.41) is 11.5. The summed E-state index contributed by atoms with van der Waals surface area (Å²) in [4.78, 5) is 17.2. The molecule has 0 spiro atoms. The molecule has 4 rings (SSSR count). The molecule has 214 valence electrons. The van der Waals surface area contributed by atoms with Gasteiger partial charge in [0, 0.05) is 27.2 Å². The summed E-state index contributed by atoms with van der Waals surface area (Å²) in [5.41, 5.74) is 6.26. The third kappa shape index (κ3) is 9.47. The molecular weight excluding hydrogens is 599 g/mol. The maximum atomic E-state index is 12.6. The molecule has 10 heteroatoms. The lowest BCUT2D eigenvalue weighted by atomic mass is 10.1. The molecule has 6 nitrogen and oxygen atoms in total. The van der Waals surface area contributed by atoms with Crippen LogP contribution in [0.15, 0.2) is 71.1 Å². The molecule has 0 saturated heterocycles. The molecule has 0 atom stereocenters. The Hall–Kier alpha value is -3.10. The summed E-state index contributed by atoms with van der Waals surface area (Å²) in [6.45, 7) is 2.77. The lowest BCUT2D eigenvalue weighted by molar-refractivity contribution is 0.0955. The number of hydrogen-bond acceptors (Lipinski definition) is 6. The quantitative estimate of drug-likeness (QED) is 0.0827. The second-order valence-electron chi connectivity index (χ2n) is 9.38. The topological polar surface area (TPSA) is 75.6 Å². The highest BCUT2D eigenvalue weighted by Gasteiger charge is 2.11. The average Bonchev–Trinajstić information content (AvgIpc) is 3.43. The fourth-order valence-electron chi connectivity index (χ4n) is 3.99. The number of aromatic nitrogens is 1. The van der Waals surface area contributed by atoms with Crippen LogP contribution in [-0.4, -0.2) is 23.7 Å². The molecule has 0 unspecified atom stereocenters. The summed E-state index contributed by atoms with van der Waals surface area (Å²) in [6.07, 6.45) is 8.54. The van der Waals surface area contributed by atoms with Crippen molar-refractivity contribution in [3.05, 3.63) is 92.2 Å². The van der Waals surface area contributed by atoms with Crippen LogP contribution in [0, 0.1) is 0 Å². The van der Waals surface area contributed by atoms with Gasteiger partial charge in [0.15, 0.2) is 10.9 Å². The molecule has 1 heterocycles. The highest BCUT2D eigenvalue weighted by atomic mass is 35.5. The second-order valence-corrected chi connectivity index (χ2v) is 11.5. The molecule has 0 aliphatic rings. The van der Waals surface area contributed by atoms with Crippen LogP contribution in [0.1, 0.15) is 61.4 Å². The van der Waals surface area contributed by atoms with E-state index in [0.717, 1.165) is 34.9 Å². The molecule has 1 amide bonds. The maximum Gasteiger partial charge on any atom is 0.271 e. The molecule has 4 aromatic rings. The van der Waals surface area contributed by atoms with Crippen LogP contribution in [0.4, 0.5) is 10.8 Å². The lowest BCUT2D eigenvalue weighted by Gasteiger charge is -2.11. The maximum absolute atomic E-state index is 12.6. The summed E-state index contributed by atoms with van der Waals surface area (Å²) in [5.74, 6) is 0.128. The number of nitrogens with one attached hydrogen (secondary N) is 2. The number of benzene rings is 3. The van der Waals surface area contributed by atoms with Crippen molar-refractivity contribution in [1.29, 1.82) is 0 Å². The highest BCUT2D eigenvalue weighted by molar-refractivity contribution is 7.14. The largest absolute Gasteiger partial charge is 0.490 e. The van der Waals surface area contributed by atoms with Gasteiger partial charge in [0.05, 0.1) is 28.6 Å². The number of rotatable bonds is 14. The Morgan fingerprint density at radius 1 is 0.951 bits per heavy atom. The molecule has 0 fully saturated rings. The number of carbonyl (C=O) groups is 1. The van der Waals surface area contributed by atoms with Crippen LogP contribution < -0.4 is 15.5 Å². The number of carbonyl (C=O) groups excluding carboxylic acids is 1. The van der Waals surface area contributed by atoms with E-state index in [1.54, 1.807) is 24.3 Å². The SMILES string of the molecule is CCCCCCCCOc1c(Cl)cc(/C=N\NC(=O)c2ccc(-c3csc(Nc4ccc(Cl)cc4)n3)cc2)cc1Cl. The van der Waals surface area contributed by atoms with E-state index in [1.807, 2.05) is 41.8 Å². The normalized spacial score (nSPS) is 11.1. The van der Waals surface area contributed by atoms with Crippen molar-refractivity contribution in [3.63, 3.8) is 0 Å². The number of hydrazone groups is 1. The molecule has 41 heavy (non-hydrogen) atoms. The van der Waals surface area contributed by atoms with Crippen LogP contribution in [0.25, 0.3) is 11.3 Å². The number of hydrogen-bond donors (Lipinski definition) is 2. The van der Waals surface area contributed by atoms with Crippen molar-refractivity contribution in [1.82, 2.24) is 10.4 Å². The van der Waals surface area contributed by atoms with Gasteiger partial charge < -0.3 is 10.1 Å². The monoisotopic (exact) mass is 628 g/mol. The van der Waals surface area contributed by atoms with Crippen LogP contribution >= 0.6 is 46.1 Å². The van der Waals surface area contributed by atoms with E-state index in [1.165, 1.54) is 43.2 Å². The van der Waals surface area contributed by atoms with Crippen LogP contribution in [0.2, 0.25) is 15.1 Å². The number of thiazole rings is 1. The molecule has 3 aromatic carbocycles. The van der Waals surface area contributed by atoms with Crippen LogP contribution in [0.5, 0.6) is 5.75 Å². The summed E-state index contributed by atoms with van der Waals surface area (Å²) in [7, 11) is 0. The van der Waals surface area contributed by atoms with Crippen molar-refractivity contribution in [3.8, 4) is 17.0 Å². The minimum atomic E-state index is -0.341. The first-order valence-corrected chi connectivity index (χ1v) is 15.5. The van der Waals surface area contributed by atoms with Crippen molar-refractivity contribution < 1.29 is 9.53 Å². The van der Waals surface area contributed by atoms with Gasteiger partial charge >= 0.3 is 0 Å². The first-order valence-electron chi connectivity index (χ1n) is 13.5. The minimum Gasteiger partial charge on any atom is -0.490 e. The zero-order valence-corrected chi connectivity index (χ0v) is 25.7. The average molecular weight is 630 g/mol. The van der Waals surface area contributed by atoms with E-state index in [2.05, 4.69) is 27.8 Å². The Kier molecular flexibility index (Phi) is 11.9. The zero-order valence-electron chi connectivity index (χ0n) is 22.6. The predicted molar refractivity (Wildman–Crippen MR) is 173 cm³/mol. The Labute approximate surface area is 259 Å². The van der Waals surface area contributed by atoms with Crippen LogP contribution in [-0.2, 0) is 0 Å². The molecule has 0 saturated carbocycles. The first kappa shape index (κ1) is 30.8. The first-order chi connectivity index (χ1) is 19.9. The molecule has 0 aliphatic heterocycles. The zero-order chi connectivity index (χ0) is 29.0. The highest BCUT2D eigenvalue weighted by Crippen LogP contribution is 2.34. The number of anilines is 2. The van der Waals surface area contributed by atoms with Gasteiger partial charge in [-0.25, -0.2) is 10.4 Å². The molecule has 2 N–H and O–H groups in total. The van der Waals surface area contributed by atoms with E-state index in [-0.39, 0.29) is 5.91 Å². The number of ether oxygens (including phenoxy) is 1. The Bertz CT molecular complexity index is 1430. The van der Waals surface area contributed by atoms with E-state index >= 15 is 0 Å². The van der Waals surface area contributed by atoms with E-state index < -0.39 is 0 Å². The lowest BCUT2D eigenvalue weighted by Crippen LogP contribution is -2.17. The van der Waals surface area contributed by atoms with Crippen LogP contribution in [0.3, 0.4) is 0 Å². The van der Waals surface area contributed by atoms with E-state index in [4.69, 9.17) is 39.5 Å². The standard InChI is InChI=1S/C31H31Cl3N4O2S/c1-2-3-4-5-6-7-16-40-29-26(33)17-21(18-27(29)34)19-35-38-30(39)23-10-8-22(9-11-23)28-20-41-31(37-28)36-25-14-12-24(32)13-15-25/h8-15,17-20H,2-7,16H2,1H3,(H,36,37)(H,38,39)/b35-19-. The molecule has 0 bridgehead atoms. The fourth-order valence-corrected chi connectivity index (χ4v) is 5.47. The van der Waals surface area contributed by atoms with Gasteiger partial charge in [-0.1, -0.05) is 86.0 Å². The predicted octanol–water partition coefficient (Wildman–Crippen LogP) is 10.0. The van der Waals surface area contributed by atoms with E-state index in [0.29, 0.717) is 38.6 Å². The Morgan fingerprint density at radius 3 is 2.34 bits per heavy atom. The van der Waals surface area contributed by atoms with Gasteiger partial charge in [-0.15, -0.1) is 11.3 Å². The van der Waals surface area contributed by atoms with Crippen molar-refractivity contribution >= 4 is 69.1 Å². The van der Waals surface area contributed by atoms with Gasteiger partial charge in [-0.3, -0.25) is 4.79 Å². The molecule has 0 aliphatic carbocycles. The van der Waals surface area contributed by atoms with E-state index in [9.17, 15) is 4.79 Å². The molecule has 0 radical (unpaired) electrons. The summed E-state index contributed by atoms with van der Waals surface area (Å²) in [6, 6.07) is 18.0. The third-order valence-corrected chi connectivity index (χ3v) is 7.76. The van der Waals surface area contributed by atoms with Crippen molar-refractivity contribution in [2.24, 2.45) is 5.10 Å². The van der Waals surface area contributed by atoms with Crippen molar-refractivity contribution in [2.75, 3.05) is 11.9 Å². The van der Waals surface area contributed by atoms with Gasteiger partial charge in [0.1, 0.15) is 0 Å². The van der Waals surface area contributed by atoms with Gasteiger partial charge in [0.2, 0.25) is 0 Å². The smallest absolute Gasteiger partial charge is 0.271 e. The van der Waals surface area contributed by atoms with Gasteiger partial charge in [-0.2, -0.15) is 5.10 Å². The second kappa shape index (κ2) is 15.8. The van der Waals surface area contributed by atoms with Crippen molar-refractivity contribution in [2.45, 2.75) is 45.4 Å². The Morgan fingerprint density at radius 2 is 1.63 bits per heavy atom. The third-order valence-electron chi connectivity index (χ3n) is 6.19. The number of unbranched alkanes of at least 4 members (excludes halogenated alkanes) is 5.